The van der Waals surface area contributed by atoms with Gasteiger partial charge in [0.05, 0.1) is 10.7 Å². The second kappa shape index (κ2) is 4.54. The van der Waals surface area contributed by atoms with Crippen molar-refractivity contribution >= 4 is 23.0 Å². The van der Waals surface area contributed by atoms with Crippen LogP contribution in [0, 0.1) is 11.8 Å². The Morgan fingerprint density at radius 2 is 1.88 bits per heavy atom. The first-order valence-electron chi connectivity index (χ1n) is 5.86. The molecule has 16 heavy (non-hydrogen) atoms. The highest BCUT2D eigenvalue weighted by atomic mass is 35.5. The van der Waals surface area contributed by atoms with Gasteiger partial charge in [0.15, 0.2) is 0 Å². The van der Waals surface area contributed by atoms with E-state index in [4.69, 9.17) is 17.3 Å². The number of halogens is 1. The molecule has 0 amide bonds. The molecular formula is C13H19ClN2. The van der Waals surface area contributed by atoms with E-state index in [2.05, 4.69) is 18.7 Å². The number of hydrogen-bond donors (Lipinski definition) is 1. The fourth-order valence-corrected chi connectivity index (χ4v) is 2.95. The Balaban J connectivity index is 2.23. The maximum Gasteiger partial charge on any atom is 0.0660 e. The third-order valence-electron chi connectivity index (χ3n) is 3.18. The van der Waals surface area contributed by atoms with Crippen molar-refractivity contribution in [2.45, 2.75) is 20.3 Å². The average Bonchev–Trinajstić information content (AvgIpc) is 2.15. The summed E-state index contributed by atoms with van der Waals surface area (Å²) in [5.41, 5.74) is 7.56. The van der Waals surface area contributed by atoms with Crippen LogP contribution >= 0.6 is 11.6 Å². The molecule has 0 saturated carbocycles. The van der Waals surface area contributed by atoms with Crippen molar-refractivity contribution in [1.82, 2.24) is 0 Å². The van der Waals surface area contributed by atoms with Crippen molar-refractivity contribution in [3.8, 4) is 0 Å². The number of nitrogens with two attached hydrogens (primary N) is 1. The summed E-state index contributed by atoms with van der Waals surface area (Å²) >= 11 is 6.24. The largest absolute Gasteiger partial charge is 0.399 e. The summed E-state index contributed by atoms with van der Waals surface area (Å²) < 4.78 is 0. The summed E-state index contributed by atoms with van der Waals surface area (Å²) in [7, 11) is 0. The second-order valence-electron chi connectivity index (χ2n) is 5.06. The zero-order valence-corrected chi connectivity index (χ0v) is 10.7. The lowest BCUT2D eigenvalue weighted by Gasteiger charge is -2.37. The van der Waals surface area contributed by atoms with Gasteiger partial charge in [0.2, 0.25) is 0 Å². The van der Waals surface area contributed by atoms with Crippen LogP contribution in [0.1, 0.15) is 20.3 Å². The van der Waals surface area contributed by atoms with Crippen LogP contribution in [0.5, 0.6) is 0 Å². The molecule has 1 saturated heterocycles. The first-order chi connectivity index (χ1) is 7.56. The van der Waals surface area contributed by atoms with Crippen LogP contribution in [0.4, 0.5) is 11.4 Å². The van der Waals surface area contributed by atoms with E-state index in [0.29, 0.717) is 0 Å². The summed E-state index contributed by atoms with van der Waals surface area (Å²) in [4.78, 5) is 2.38. The van der Waals surface area contributed by atoms with Gasteiger partial charge in [0.25, 0.3) is 0 Å². The summed E-state index contributed by atoms with van der Waals surface area (Å²) in [6.07, 6.45) is 1.31. The van der Waals surface area contributed by atoms with Crippen molar-refractivity contribution in [2.75, 3.05) is 23.7 Å². The minimum atomic E-state index is 0.729. The lowest BCUT2D eigenvalue weighted by Crippen LogP contribution is -2.38. The maximum absolute atomic E-state index is 6.24. The third kappa shape index (κ3) is 2.43. The Bertz CT molecular complexity index is 368. The minimum Gasteiger partial charge on any atom is -0.399 e. The van der Waals surface area contributed by atoms with E-state index in [1.165, 1.54) is 6.42 Å². The summed E-state index contributed by atoms with van der Waals surface area (Å²) in [5.74, 6) is 1.47. The Morgan fingerprint density at radius 1 is 1.25 bits per heavy atom. The summed E-state index contributed by atoms with van der Waals surface area (Å²) in [6, 6.07) is 5.79. The summed E-state index contributed by atoms with van der Waals surface area (Å²) in [5, 5.41) is 0.765. The molecule has 2 rings (SSSR count). The van der Waals surface area contributed by atoms with E-state index in [1.807, 2.05) is 18.2 Å². The number of piperidine rings is 1. The molecule has 0 spiro atoms. The Hall–Kier alpha value is -0.890. The molecule has 2 nitrogen and oxygen atoms in total. The first kappa shape index (κ1) is 11.6. The fraction of sp³-hybridized carbons (Fsp3) is 0.538. The highest BCUT2D eigenvalue weighted by Crippen LogP contribution is 2.32. The van der Waals surface area contributed by atoms with Gasteiger partial charge in [-0.1, -0.05) is 25.4 Å². The standard InChI is InChI=1S/C13H19ClN2/c1-9-5-10(2)8-16(7-9)13-4-3-11(15)6-12(13)14/h3-4,6,9-10H,5,7-8,15H2,1-2H3/t9-,10-/m1/s1. The van der Waals surface area contributed by atoms with E-state index >= 15 is 0 Å². The quantitative estimate of drug-likeness (QED) is 0.760. The molecular weight excluding hydrogens is 220 g/mol. The number of hydrogen-bond acceptors (Lipinski definition) is 2. The Kier molecular flexibility index (Phi) is 3.29. The van der Waals surface area contributed by atoms with Gasteiger partial charge < -0.3 is 10.6 Å². The summed E-state index contributed by atoms with van der Waals surface area (Å²) in [6.45, 7) is 6.78. The molecule has 0 radical (unpaired) electrons. The van der Waals surface area contributed by atoms with Gasteiger partial charge in [-0.05, 0) is 36.5 Å². The molecule has 1 aliphatic rings. The molecule has 1 fully saturated rings. The van der Waals surface area contributed by atoms with Crippen molar-refractivity contribution in [1.29, 1.82) is 0 Å². The van der Waals surface area contributed by atoms with Crippen LogP contribution in [-0.2, 0) is 0 Å². The van der Waals surface area contributed by atoms with E-state index in [9.17, 15) is 0 Å². The SMILES string of the molecule is C[C@@H]1C[C@@H](C)CN(c2ccc(N)cc2Cl)C1. The van der Waals surface area contributed by atoms with Crippen molar-refractivity contribution in [2.24, 2.45) is 11.8 Å². The molecule has 0 unspecified atom stereocenters. The molecule has 1 heterocycles. The van der Waals surface area contributed by atoms with E-state index < -0.39 is 0 Å². The average molecular weight is 239 g/mol. The molecule has 1 aliphatic heterocycles. The van der Waals surface area contributed by atoms with Crippen molar-refractivity contribution < 1.29 is 0 Å². The fourth-order valence-electron chi connectivity index (χ4n) is 2.64. The molecule has 0 aliphatic carbocycles. The minimum absolute atomic E-state index is 0.729. The zero-order chi connectivity index (χ0) is 11.7. The van der Waals surface area contributed by atoms with Crippen molar-refractivity contribution in [3.63, 3.8) is 0 Å². The molecule has 0 bridgehead atoms. The van der Waals surface area contributed by atoms with Crippen LogP contribution in [-0.4, -0.2) is 13.1 Å². The molecule has 88 valence electrons. The van der Waals surface area contributed by atoms with E-state index in [1.54, 1.807) is 0 Å². The van der Waals surface area contributed by atoms with E-state index in [-0.39, 0.29) is 0 Å². The van der Waals surface area contributed by atoms with Gasteiger partial charge in [-0.2, -0.15) is 0 Å². The first-order valence-corrected chi connectivity index (χ1v) is 6.24. The van der Waals surface area contributed by atoms with Crippen LogP contribution in [0.25, 0.3) is 0 Å². The molecule has 0 aromatic heterocycles. The second-order valence-corrected chi connectivity index (χ2v) is 5.47. The lowest BCUT2D eigenvalue weighted by molar-refractivity contribution is 0.357. The topological polar surface area (TPSA) is 29.3 Å². The highest BCUT2D eigenvalue weighted by molar-refractivity contribution is 6.33. The van der Waals surface area contributed by atoms with Crippen LogP contribution in [0.3, 0.4) is 0 Å². The predicted octanol–water partition coefficient (Wildman–Crippen LogP) is 3.40. The number of benzene rings is 1. The zero-order valence-electron chi connectivity index (χ0n) is 9.91. The number of nitrogen functional groups attached to an aromatic ring is 1. The molecule has 3 heteroatoms. The van der Waals surface area contributed by atoms with E-state index in [0.717, 1.165) is 41.3 Å². The Morgan fingerprint density at radius 3 is 2.44 bits per heavy atom. The monoisotopic (exact) mass is 238 g/mol. The highest BCUT2D eigenvalue weighted by Gasteiger charge is 2.23. The maximum atomic E-state index is 6.24. The van der Waals surface area contributed by atoms with Gasteiger partial charge in [0, 0.05) is 18.8 Å². The van der Waals surface area contributed by atoms with Crippen LogP contribution in [0.15, 0.2) is 18.2 Å². The van der Waals surface area contributed by atoms with Crippen LogP contribution < -0.4 is 10.6 Å². The third-order valence-corrected chi connectivity index (χ3v) is 3.48. The number of anilines is 2. The number of rotatable bonds is 1. The van der Waals surface area contributed by atoms with Gasteiger partial charge in [0.1, 0.15) is 0 Å². The van der Waals surface area contributed by atoms with Gasteiger partial charge in [-0.3, -0.25) is 0 Å². The van der Waals surface area contributed by atoms with Gasteiger partial charge in [-0.15, -0.1) is 0 Å². The van der Waals surface area contributed by atoms with Gasteiger partial charge >= 0.3 is 0 Å². The normalized spacial score (nSPS) is 25.8. The Labute approximate surface area is 102 Å². The smallest absolute Gasteiger partial charge is 0.0660 e. The molecule has 2 atom stereocenters. The van der Waals surface area contributed by atoms with Crippen LogP contribution in [0.2, 0.25) is 5.02 Å². The van der Waals surface area contributed by atoms with Crippen molar-refractivity contribution in [3.05, 3.63) is 23.2 Å². The molecule has 2 N–H and O–H groups in total. The molecule has 1 aromatic rings. The number of nitrogens with zero attached hydrogens (tertiary/aromatic N) is 1. The van der Waals surface area contributed by atoms with Gasteiger partial charge in [-0.25, -0.2) is 0 Å². The predicted molar refractivity (Wildman–Crippen MR) is 71.0 cm³/mol. The lowest BCUT2D eigenvalue weighted by atomic mass is 9.91. The molecule has 1 aromatic carbocycles.